The Hall–Kier alpha value is -0.570. The average Bonchev–Trinajstić information content (AvgIpc) is 2.52. The number of cyclic esters (lactones) is 1. The molecule has 0 N–H and O–H groups in total. The molecular formula is C18H32O3. The Morgan fingerprint density at radius 1 is 1.05 bits per heavy atom. The second kappa shape index (κ2) is 8.77. The lowest BCUT2D eigenvalue weighted by molar-refractivity contribution is -0.164. The van der Waals surface area contributed by atoms with Crippen molar-refractivity contribution in [2.75, 3.05) is 7.11 Å². The standard InChI is InChI=1S/C18H32O3/c1-3-4-5-6-7-16-12-13-17(18(19)21-16)14-8-10-15(20-2)11-9-14/h14-17H,3-13H2,1-2H3. The number of methoxy groups -OCH3 is 1. The molecule has 122 valence electrons. The van der Waals surface area contributed by atoms with Crippen LogP contribution in [0.3, 0.4) is 0 Å². The highest BCUT2D eigenvalue weighted by Gasteiger charge is 2.37. The Morgan fingerprint density at radius 2 is 1.81 bits per heavy atom. The highest BCUT2D eigenvalue weighted by atomic mass is 16.5. The molecule has 1 aliphatic carbocycles. The van der Waals surface area contributed by atoms with E-state index in [1.165, 1.54) is 25.7 Å². The first kappa shape index (κ1) is 16.8. The maximum absolute atomic E-state index is 12.3. The summed E-state index contributed by atoms with van der Waals surface area (Å²) in [5, 5.41) is 0. The zero-order valence-electron chi connectivity index (χ0n) is 13.8. The van der Waals surface area contributed by atoms with Gasteiger partial charge in [-0.1, -0.05) is 26.2 Å². The van der Waals surface area contributed by atoms with E-state index in [4.69, 9.17) is 9.47 Å². The highest BCUT2D eigenvalue weighted by Crippen LogP contribution is 2.37. The van der Waals surface area contributed by atoms with Gasteiger partial charge in [0, 0.05) is 7.11 Å². The molecule has 1 saturated carbocycles. The first-order chi connectivity index (χ1) is 10.2. The van der Waals surface area contributed by atoms with Crippen LogP contribution in [0.4, 0.5) is 0 Å². The van der Waals surface area contributed by atoms with Gasteiger partial charge >= 0.3 is 5.97 Å². The number of unbranched alkanes of at least 4 members (excludes halogenated alkanes) is 3. The van der Waals surface area contributed by atoms with Crippen molar-refractivity contribution in [1.82, 2.24) is 0 Å². The maximum atomic E-state index is 12.3. The lowest BCUT2D eigenvalue weighted by Crippen LogP contribution is -2.37. The first-order valence-electron chi connectivity index (χ1n) is 8.97. The van der Waals surface area contributed by atoms with Crippen LogP contribution in [0, 0.1) is 11.8 Å². The quantitative estimate of drug-likeness (QED) is 0.513. The number of carbonyl (C=O) groups excluding carboxylic acids is 1. The number of hydrogen-bond acceptors (Lipinski definition) is 3. The minimum Gasteiger partial charge on any atom is -0.462 e. The van der Waals surface area contributed by atoms with Gasteiger partial charge in [-0.2, -0.15) is 0 Å². The molecule has 1 heterocycles. The molecule has 2 atom stereocenters. The van der Waals surface area contributed by atoms with Crippen LogP contribution in [-0.4, -0.2) is 25.3 Å². The predicted octanol–water partition coefficient (Wildman–Crippen LogP) is 4.48. The van der Waals surface area contributed by atoms with Crippen LogP contribution in [0.1, 0.15) is 77.6 Å². The molecule has 2 unspecified atom stereocenters. The number of ether oxygens (including phenoxy) is 2. The number of esters is 1. The molecule has 21 heavy (non-hydrogen) atoms. The fourth-order valence-electron chi connectivity index (χ4n) is 3.95. The van der Waals surface area contributed by atoms with Crippen molar-refractivity contribution < 1.29 is 14.3 Å². The van der Waals surface area contributed by atoms with Crippen molar-refractivity contribution in [3.8, 4) is 0 Å². The molecular weight excluding hydrogens is 264 g/mol. The van der Waals surface area contributed by atoms with Crippen molar-refractivity contribution in [2.45, 2.75) is 89.8 Å². The number of hydrogen-bond donors (Lipinski definition) is 0. The molecule has 1 aliphatic heterocycles. The van der Waals surface area contributed by atoms with Gasteiger partial charge in [-0.3, -0.25) is 4.79 Å². The summed E-state index contributed by atoms with van der Waals surface area (Å²) in [6.45, 7) is 2.23. The fourth-order valence-corrected chi connectivity index (χ4v) is 3.95. The topological polar surface area (TPSA) is 35.5 Å². The molecule has 2 rings (SSSR count). The molecule has 0 aromatic heterocycles. The lowest BCUT2D eigenvalue weighted by Gasteiger charge is -2.36. The van der Waals surface area contributed by atoms with Crippen molar-refractivity contribution in [2.24, 2.45) is 11.8 Å². The molecule has 2 fully saturated rings. The Balaban J connectivity index is 1.70. The molecule has 0 radical (unpaired) electrons. The Labute approximate surface area is 129 Å². The van der Waals surface area contributed by atoms with Gasteiger partial charge in [0.1, 0.15) is 6.10 Å². The van der Waals surface area contributed by atoms with E-state index < -0.39 is 0 Å². The van der Waals surface area contributed by atoms with Crippen LogP contribution in [0.5, 0.6) is 0 Å². The summed E-state index contributed by atoms with van der Waals surface area (Å²) >= 11 is 0. The third-order valence-electron chi connectivity index (χ3n) is 5.39. The van der Waals surface area contributed by atoms with Gasteiger partial charge in [-0.25, -0.2) is 0 Å². The smallest absolute Gasteiger partial charge is 0.309 e. The van der Waals surface area contributed by atoms with E-state index >= 15 is 0 Å². The second-order valence-corrected chi connectivity index (χ2v) is 6.86. The van der Waals surface area contributed by atoms with E-state index in [9.17, 15) is 4.79 Å². The van der Waals surface area contributed by atoms with Crippen molar-refractivity contribution in [1.29, 1.82) is 0 Å². The molecule has 0 aromatic rings. The molecule has 0 spiro atoms. The second-order valence-electron chi connectivity index (χ2n) is 6.86. The van der Waals surface area contributed by atoms with E-state index in [0.29, 0.717) is 12.0 Å². The summed E-state index contributed by atoms with van der Waals surface area (Å²) in [5.41, 5.74) is 0. The Morgan fingerprint density at radius 3 is 2.43 bits per heavy atom. The highest BCUT2D eigenvalue weighted by molar-refractivity contribution is 5.73. The summed E-state index contributed by atoms with van der Waals surface area (Å²) in [6.07, 6.45) is 13.3. The first-order valence-corrected chi connectivity index (χ1v) is 8.97. The molecule has 0 amide bonds. The van der Waals surface area contributed by atoms with Gasteiger partial charge in [-0.05, 0) is 57.3 Å². The van der Waals surface area contributed by atoms with E-state index in [1.807, 2.05) is 0 Å². The van der Waals surface area contributed by atoms with Gasteiger partial charge in [0.15, 0.2) is 0 Å². The predicted molar refractivity (Wildman–Crippen MR) is 84.1 cm³/mol. The van der Waals surface area contributed by atoms with Crippen LogP contribution in [0.2, 0.25) is 0 Å². The van der Waals surface area contributed by atoms with Gasteiger partial charge < -0.3 is 9.47 Å². The van der Waals surface area contributed by atoms with E-state index in [2.05, 4.69) is 6.92 Å². The summed E-state index contributed by atoms with van der Waals surface area (Å²) in [5.74, 6) is 0.780. The van der Waals surface area contributed by atoms with Crippen LogP contribution in [-0.2, 0) is 14.3 Å². The van der Waals surface area contributed by atoms with Crippen molar-refractivity contribution in [3.05, 3.63) is 0 Å². The van der Waals surface area contributed by atoms with E-state index in [-0.39, 0.29) is 18.0 Å². The molecule has 1 saturated heterocycles. The third-order valence-corrected chi connectivity index (χ3v) is 5.39. The SMILES string of the molecule is CCCCCCC1CCC(C2CCC(OC)CC2)C(=O)O1. The van der Waals surface area contributed by atoms with Gasteiger partial charge in [0.05, 0.1) is 12.0 Å². The van der Waals surface area contributed by atoms with E-state index in [1.54, 1.807) is 7.11 Å². The maximum Gasteiger partial charge on any atom is 0.309 e. The average molecular weight is 296 g/mol. The van der Waals surface area contributed by atoms with Gasteiger partial charge in [0.25, 0.3) is 0 Å². The number of carbonyl (C=O) groups is 1. The Bertz CT molecular complexity index is 308. The molecule has 0 bridgehead atoms. The summed E-state index contributed by atoms with van der Waals surface area (Å²) < 4.78 is 11.1. The van der Waals surface area contributed by atoms with Crippen LogP contribution in [0.15, 0.2) is 0 Å². The number of rotatable bonds is 7. The minimum absolute atomic E-state index is 0.0857. The normalized spacial score (nSPS) is 33.7. The molecule has 0 aromatic carbocycles. The zero-order valence-corrected chi connectivity index (χ0v) is 13.8. The van der Waals surface area contributed by atoms with Crippen LogP contribution < -0.4 is 0 Å². The zero-order chi connectivity index (χ0) is 15.1. The van der Waals surface area contributed by atoms with Crippen LogP contribution in [0.25, 0.3) is 0 Å². The van der Waals surface area contributed by atoms with Gasteiger partial charge in [-0.15, -0.1) is 0 Å². The summed E-state index contributed by atoms with van der Waals surface area (Å²) in [7, 11) is 1.79. The Kier molecular flexibility index (Phi) is 7.01. The lowest BCUT2D eigenvalue weighted by atomic mass is 9.76. The molecule has 3 nitrogen and oxygen atoms in total. The van der Waals surface area contributed by atoms with E-state index in [0.717, 1.165) is 44.9 Å². The molecule has 2 aliphatic rings. The summed E-state index contributed by atoms with van der Waals surface area (Å²) in [6, 6.07) is 0. The summed E-state index contributed by atoms with van der Waals surface area (Å²) in [4.78, 5) is 12.3. The fraction of sp³-hybridized carbons (Fsp3) is 0.944. The largest absolute Gasteiger partial charge is 0.462 e. The van der Waals surface area contributed by atoms with Gasteiger partial charge in [0.2, 0.25) is 0 Å². The van der Waals surface area contributed by atoms with Crippen molar-refractivity contribution >= 4 is 5.97 Å². The van der Waals surface area contributed by atoms with Crippen LogP contribution >= 0.6 is 0 Å². The molecule has 3 heteroatoms. The minimum atomic E-state index is 0.0857. The third kappa shape index (κ3) is 4.98. The van der Waals surface area contributed by atoms with Crippen molar-refractivity contribution in [3.63, 3.8) is 0 Å². The monoisotopic (exact) mass is 296 g/mol.